The van der Waals surface area contributed by atoms with Crippen LogP contribution in [-0.4, -0.2) is 31.7 Å². The molecule has 2 rings (SSSR count). The Hall–Kier alpha value is -3.82. The monoisotopic (exact) mass is 497 g/mol. The maximum atomic E-state index is 12.6. The van der Waals surface area contributed by atoms with E-state index in [0.717, 1.165) is 0 Å². The van der Waals surface area contributed by atoms with E-state index in [1.807, 2.05) is 12.1 Å². The first-order chi connectivity index (χ1) is 15.4. The van der Waals surface area contributed by atoms with Crippen LogP contribution in [0.25, 0.3) is 6.08 Å². The molecule has 1 N–H and O–H groups in total. The van der Waals surface area contributed by atoms with Crippen molar-refractivity contribution in [3.05, 3.63) is 57.6 Å². The van der Waals surface area contributed by atoms with Gasteiger partial charge < -0.3 is 19.5 Å². The normalized spacial score (nSPS) is 10.5. The van der Waals surface area contributed by atoms with Crippen molar-refractivity contribution in [3.8, 4) is 23.6 Å². The summed E-state index contributed by atoms with van der Waals surface area (Å²) in [5.41, 5.74) is 1.14. The van der Waals surface area contributed by atoms with Crippen LogP contribution >= 0.6 is 15.9 Å². The first kappa shape index (κ1) is 24.4. The van der Waals surface area contributed by atoms with Crippen molar-refractivity contribution in [2.45, 2.75) is 13.8 Å². The summed E-state index contributed by atoms with van der Waals surface area (Å²) in [6, 6.07) is 13.1. The molecule has 0 aliphatic rings. The molecule has 0 aliphatic heterocycles. The number of esters is 1. The number of benzene rings is 2. The van der Waals surface area contributed by atoms with E-state index in [9.17, 15) is 14.9 Å². The summed E-state index contributed by atoms with van der Waals surface area (Å²) in [5.74, 6) is -0.335. The Kier molecular flexibility index (Phi) is 9.27. The van der Waals surface area contributed by atoms with Crippen molar-refractivity contribution in [1.82, 2.24) is 0 Å². The highest BCUT2D eigenvalue weighted by Gasteiger charge is 2.15. The van der Waals surface area contributed by atoms with Crippen LogP contribution in [0.1, 0.15) is 29.8 Å². The number of amides is 1. The Labute approximate surface area is 194 Å². The van der Waals surface area contributed by atoms with Gasteiger partial charge in [0.15, 0.2) is 18.1 Å². The molecule has 8 nitrogen and oxygen atoms in total. The van der Waals surface area contributed by atoms with Gasteiger partial charge in [0.05, 0.1) is 18.8 Å². The van der Waals surface area contributed by atoms with Crippen LogP contribution in [0.2, 0.25) is 0 Å². The van der Waals surface area contributed by atoms with E-state index >= 15 is 0 Å². The second-order valence-corrected chi connectivity index (χ2v) is 6.98. The van der Waals surface area contributed by atoms with Crippen LogP contribution in [0, 0.1) is 22.7 Å². The molecule has 2 aromatic carbocycles. The molecule has 9 heteroatoms. The zero-order valence-electron chi connectivity index (χ0n) is 17.5. The summed E-state index contributed by atoms with van der Waals surface area (Å²) < 4.78 is 16.4. The topological polar surface area (TPSA) is 121 Å². The van der Waals surface area contributed by atoms with Crippen molar-refractivity contribution in [1.29, 1.82) is 10.5 Å². The Morgan fingerprint density at radius 2 is 1.75 bits per heavy atom. The highest BCUT2D eigenvalue weighted by Crippen LogP contribution is 2.35. The van der Waals surface area contributed by atoms with Crippen LogP contribution in [0.5, 0.6) is 11.5 Å². The average Bonchev–Trinajstić information content (AvgIpc) is 2.78. The predicted octanol–water partition coefficient (Wildman–Crippen LogP) is 4.47. The van der Waals surface area contributed by atoms with E-state index in [4.69, 9.17) is 19.5 Å². The number of hydrogen-bond donors (Lipinski definition) is 1. The highest BCUT2D eigenvalue weighted by atomic mass is 79.9. The average molecular weight is 498 g/mol. The number of anilines is 1. The maximum Gasteiger partial charge on any atom is 0.338 e. The number of nitriles is 2. The molecule has 0 spiro atoms. The standard InChI is InChI=1S/C23H20BrN3O5/c1-3-30-20-12-16(19(24)13-21(20)32-10-9-25)11-17(14-26)22(28)27-18-7-5-15(6-8-18)23(29)31-4-2/h5-8,11-13H,3-4,10H2,1-2H3,(H,27,28)/b17-11+. The zero-order chi connectivity index (χ0) is 23.5. The van der Waals surface area contributed by atoms with Gasteiger partial charge in [-0.25, -0.2) is 4.79 Å². The van der Waals surface area contributed by atoms with E-state index < -0.39 is 11.9 Å². The predicted molar refractivity (Wildman–Crippen MR) is 121 cm³/mol. The van der Waals surface area contributed by atoms with E-state index in [-0.39, 0.29) is 18.8 Å². The van der Waals surface area contributed by atoms with E-state index in [1.54, 1.807) is 38.1 Å². The third-order valence-electron chi connectivity index (χ3n) is 3.97. The minimum atomic E-state index is -0.619. The minimum absolute atomic E-state index is 0.145. The third-order valence-corrected chi connectivity index (χ3v) is 4.66. The van der Waals surface area contributed by atoms with Gasteiger partial charge in [-0.15, -0.1) is 0 Å². The van der Waals surface area contributed by atoms with Gasteiger partial charge in [0.2, 0.25) is 0 Å². The maximum absolute atomic E-state index is 12.6. The van der Waals surface area contributed by atoms with Gasteiger partial charge in [-0.1, -0.05) is 15.9 Å². The lowest BCUT2D eigenvalue weighted by atomic mass is 10.1. The van der Waals surface area contributed by atoms with Gasteiger partial charge in [0.25, 0.3) is 5.91 Å². The number of nitrogens with one attached hydrogen (secondary N) is 1. The van der Waals surface area contributed by atoms with E-state index in [2.05, 4.69) is 21.2 Å². The lowest BCUT2D eigenvalue weighted by Crippen LogP contribution is -2.13. The number of carbonyl (C=O) groups is 2. The number of halogens is 1. The number of hydrogen-bond acceptors (Lipinski definition) is 7. The fourth-order valence-electron chi connectivity index (χ4n) is 2.56. The third kappa shape index (κ3) is 6.59. The molecule has 0 aromatic heterocycles. The lowest BCUT2D eigenvalue weighted by molar-refractivity contribution is -0.112. The molecule has 0 aliphatic carbocycles. The van der Waals surface area contributed by atoms with Crippen LogP contribution in [-0.2, 0) is 9.53 Å². The van der Waals surface area contributed by atoms with Crippen molar-refractivity contribution in [2.24, 2.45) is 0 Å². The largest absolute Gasteiger partial charge is 0.490 e. The summed E-state index contributed by atoms with van der Waals surface area (Å²) in [5, 5.41) is 20.9. The first-order valence-corrected chi connectivity index (χ1v) is 10.4. The van der Waals surface area contributed by atoms with Crippen molar-refractivity contribution >= 4 is 39.6 Å². The summed E-state index contributed by atoms with van der Waals surface area (Å²) in [4.78, 5) is 24.3. The number of carbonyl (C=O) groups excluding carboxylic acids is 2. The molecule has 0 fully saturated rings. The van der Waals surface area contributed by atoms with Gasteiger partial charge in [0.1, 0.15) is 17.7 Å². The molecule has 164 valence electrons. The minimum Gasteiger partial charge on any atom is -0.490 e. The summed E-state index contributed by atoms with van der Waals surface area (Å²) in [7, 11) is 0. The molecule has 0 saturated heterocycles. The molecule has 2 aromatic rings. The summed E-state index contributed by atoms with van der Waals surface area (Å²) in [6.45, 7) is 3.99. The molecule has 0 bridgehead atoms. The second kappa shape index (κ2) is 12.1. The van der Waals surface area contributed by atoms with Gasteiger partial charge in [-0.3, -0.25) is 4.79 Å². The zero-order valence-corrected chi connectivity index (χ0v) is 19.1. The molecule has 0 atom stereocenters. The lowest BCUT2D eigenvalue weighted by Gasteiger charge is -2.12. The molecule has 32 heavy (non-hydrogen) atoms. The Bertz CT molecular complexity index is 1100. The van der Waals surface area contributed by atoms with Crippen LogP contribution in [0.15, 0.2) is 46.4 Å². The molecule has 0 radical (unpaired) electrons. The SMILES string of the molecule is CCOC(=O)c1ccc(NC(=O)/C(C#N)=C/c2cc(OCC)c(OCC#N)cc2Br)cc1. The number of ether oxygens (including phenoxy) is 3. The van der Waals surface area contributed by atoms with Crippen molar-refractivity contribution in [3.63, 3.8) is 0 Å². The number of rotatable bonds is 9. The van der Waals surface area contributed by atoms with Gasteiger partial charge in [-0.2, -0.15) is 10.5 Å². The molecular formula is C23H20BrN3O5. The Morgan fingerprint density at radius 3 is 2.34 bits per heavy atom. The van der Waals surface area contributed by atoms with Gasteiger partial charge in [-0.05, 0) is 61.9 Å². The van der Waals surface area contributed by atoms with Crippen LogP contribution < -0.4 is 14.8 Å². The Balaban J connectivity index is 2.25. The molecule has 0 unspecified atom stereocenters. The van der Waals surface area contributed by atoms with Gasteiger partial charge >= 0.3 is 5.97 Å². The van der Waals surface area contributed by atoms with Gasteiger partial charge in [0, 0.05) is 10.2 Å². The Morgan fingerprint density at radius 1 is 1.06 bits per heavy atom. The molecule has 0 heterocycles. The highest BCUT2D eigenvalue weighted by molar-refractivity contribution is 9.10. The smallest absolute Gasteiger partial charge is 0.338 e. The van der Waals surface area contributed by atoms with E-state index in [1.165, 1.54) is 18.2 Å². The number of nitrogens with zero attached hydrogens (tertiary/aromatic N) is 2. The van der Waals surface area contributed by atoms with Crippen molar-refractivity contribution < 1.29 is 23.8 Å². The fourth-order valence-corrected chi connectivity index (χ4v) is 3.00. The summed E-state index contributed by atoms with van der Waals surface area (Å²) >= 11 is 3.38. The molecular weight excluding hydrogens is 478 g/mol. The quantitative estimate of drug-likeness (QED) is 0.308. The first-order valence-electron chi connectivity index (χ1n) is 9.59. The van der Waals surface area contributed by atoms with Crippen LogP contribution in [0.3, 0.4) is 0 Å². The molecule has 0 saturated carbocycles. The van der Waals surface area contributed by atoms with Crippen LogP contribution in [0.4, 0.5) is 5.69 Å². The fraction of sp³-hybridized carbons (Fsp3) is 0.217. The summed E-state index contributed by atoms with van der Waals surface area (Å²) in [6.07, 6.45) is 1.41. The van der Waals surface area contributed by atoms with Crippen molar-refractivity contribution in [2.75, 3.05) is 25.1 Å². The van der Waals surface area contributed by atoms with E-state index in [0.29, 0.717) is 39.4 Å². The second-order valence-electron chi connectivity index (χ2n) is 6.12. The molecule has 1 amide bonds.